The molecule has 1 aromatic heterocycles. The van der Waals surface area contributed by atoms with E-state index in [2.05, 4.69) is 14.9 Å². The van der Waals surface area contributed by atoms with E-state index >= 15 is 0 Å². The molecule has 1 aliphatic rings. The van der Waals surface area contributed by atoms with Crippen molar-refractivity contribution in [1.82, 2.24) is 10.1 Å². The summed E-state index contributed by atoms with van der Waals surface area (Å²) in [4.78, 5) is 4.70. The largest absolute Gasteiger partial charge is 0.339 e. The lowest BCUT2D eigenvalue weighted by molar-refractivity contribution is 0.379. The number of rotatable bonds is 6. The maximum Gasteiger partial charge on any atom is 0.262 e. The molecule has 1 N–H and O–H groups in total. The zero-order valence-electron chi connectivity index (χ0n) is 15.6. The van der Waals surface area contributed by atoms with Crippen LogP contribution >= 0.6 is 0 Å². The molecule has 0 amide bonds. The molecule has 4 aromatic rings. The van der Waals surface area contributed by atoms with Gasteiger partial charge in [0.2, 0.25) is 5.89 Å². The van der Waals surface area contributed by atoms with Gasteiger partial charge in [-0.05, 0) is 35.9 Å². The highest BCUT2D eigenvalue weighted by molar-refractivity contribution is 7.93. The highest BCUT2D eigenvalue weighted by Gasteiger charge is 2.29. The predicted molar refractivity (Wildman–Crippen MR) is 110 cm³/mol. The molecule has 3 aromatic carbocycles. The minimum Gasteiger partial charge on any atom is -0.339 e. The van der Waals surface area contributed by atoms with Gasteiger partial charge in [-0.15, -0.1) is 0 Å². The summed E-state index contributed by atoms with van der Waals surface area (Å²) in [5.41, 5.74) is 1.29. The van der Waals surface area contributed by atoms with Crippen LogP contribution in [0, 0.1) is 0 Å². The zero-order chi connectivity index (χ0) is 19.8. The molecule has 1 aliphatic carbocycles. The first-order valence-corrected chi connectivity index (χ1v) is 11.0. The Morgan fingerprint density at radius 2 is 1.72 bits per heavy atom. The van der Waals surface area contributed by atoms with Gasteiger partial charge in [-0.2, -0.15) is 4.98 Å². The number of hydrogen-bond acceptors (Lipinski definition) is 5. The zero-order valence-corrected chi connectivity index (χ0v) is 16.4. The topological polar surface area (TPSA) is 85.1 Å². The van der Waals surface area contributed by atoms with Gasteiger partial charge in [-0.1, -0.05) is 59.8 Å². The molecule has 29 heavy (non-hydrogen) atoms. The fraction of sp³-hybridized carbons (Fsp3) is 0.182. The molecule has 7 heteroatoms. The summed E-state index contributed by atoms with van der Waals surface area (Å²) in [5.74, 6) is 1.64. The number of benzene rings is 3. The third-order valence-corrected chi connectivity index (χ3v) is 6.49. The maximum atomic E-state index is 13.2. The van der Waals surface area contributed by atoms with Crippen molar-refractivity contribution in [2.75, 3.05) is 4.72 Å². The summed E-state index contributed by atoms with van der Waals surface area (Å²) in [6, 6.07) is 20.0. The van der Waals surface area contributed by atoms with E-state index in [1.807, 2.05) is 42.5 Å². The van der Waals surface area contributed by atoms with Crippen molar-refractivity contribution in [3.63, 3.8) is 0 Å². The van der Waals surface area contributed by atoms with Gasteiger partial charge in [-0.25, -0.2) is 8.42 Å². The summed E-state index contributed by atoms with van der Waals surface area (Å²) >= 11 is 0. The molecule has 1 saturated carbocycles. The van der Waals surface area contributed by atoms with E-state index in [1.54, 1.807) is 24.3 Å². The SMILES string of the molecule is O=S(=O)(Nc1ccccc1Cc1nc(C2CC2)no1)c1cccc2ccccc12. The van der Waals surface area contributed by atoms with E-state index in [1.165, 1.54) is 0 Å². The lowest BCUT2D eigenvalue weighted by atomic mass is 10.1. The molecule has 5 rings (SSSR count). The summed E-state index contributed by atoms with van der Waals surface area (Å²) < 4.78 is 34.4. The summed E-state index contributed by atoms with van der Waals surface area (Å²) in [5, 5.41) is 5.60. The van der Waals surface area contributed by atoms with Crippen molar-refractivity contribution < 1.29 is 12.9 Å². The van der Waals surface area contributed by atoms with Crippen LogP contribution < -0.4 is 4.72 Å². The van der Waals surface area contributed by atoms with Gasteiger partial charge in [-0.3, -0.25) is 4.72 Å². The third kappa shape index (κ3) is 3.61. The number of aromatic nitrogens is 2. The second-order valence-electron chi connectivity index (χ2n) is 7.24. The van der Waals surface area contributed by atoms with E-state index in [-0.39, 0.29) is 4.90 Å². The van der Waals surface area contributed by atoms with Crippen molar-refractivity contribution in [3.05, 3.63) is 84.0 Å². The Bertz CT molecular complexity index is 1290. The Balaban J connectivity index is 1.46. The van der Waals surface area contributed by atoms with Gasteiger partial charge in [0, 0.05) is 11.3 Å². The quantitative estimate of drug-likeness (QED) is 0.511. The molecule has 0 unspecified atom stereocenters. The standard InChI is InChI=1S/C22H19N3O3S/c26-29(27,20-11-5-8-15-6-1-3-9-18(15)20)25-19-10-4-2-7-17(19)14-21-23-22(24-28-21)16-12-13-16/h1-11,16,25H,12-14H2. The fourth-order valence-corrected chi connectivity index (χ4v) is 4.75. The first kappa shape index (κ1) is 17.9. The van der Waals surface area contributed by atoms with Crippen LogP contribution in [0.15, 0.2) is 76.1 Å². The molecule has 0 aliphatic heterocycles. The minimum absolute atomic E-state index is 0.249. The Kier molecular flexibility index (Phi) is 4.32. The monoisotopic (exact) mass is 405 g/mol. The normalized spacial score (nSPS) is 14.2. The number of anilines is 1. The lowest BCUT2D eigenvalue weighted by Crippen LogP contribution is -2.14. The summed E-state index contributed by atoms with van der Waals surface area (Å²) in [6.45, 7) is 0. The van der Waals surface area contributed by atoms with Crippen LogP contribution in [-0.2, 0) is 16.4 Å². The van der Waals surface area contributed by atoms with Crippen molar-refractivity contribution in [3.8, 4) is 0 Å². The molecule has 0 bridgehead atoms. The smallest absolute Gasteiger partial charge is 0.262 e. The molecule has 1 fully saturated rings. The van der Waals surface area contributed by atoms with Crippen molar-refractivity contribution >= 4 is 26.5 Å². The molecule has 0 saturated heterocycles. The number of fused-ring (bicyclic) bond motifs is 1. The van der Waals surface area contributed by atoms with E-state index in [4.69, 9.17) is 4.52 Å². The van der Waals surface area contributed by atoms with Crippen LogP contribution in [0.2, 0.25) is 0 Å². The Morgan fingerprint density at radius 1 is 0.966 bits per heavy atom. The fourth-order valence-electron chi connectivity index (χ4n) is 3.41. The van der Waals surface area contributed by atoms with E-state index < -0.39 is 10.0 Å². The summed E-state index contributed by atoms with van der Waals surface area (Å²) in [7, 11) is -3.77. The molecule has 1 heterocycles. The third-order valence-electron chi connectivity index (χ3n) is 5.07. The summed E-state index contributed by atoms with van der Waals surface area (Å²) in [6.07, 6.45) is 2.56. The molecular formula is C22H19N3O3S. The van der Waals surface area contributed by atoms with Crippen molar-refractivity contribution in [2.24, 2.45) is 0 Å². The second-order valence-corrected chi connectivity index (χ2v) is 8.89. The van der Waals surface area contributed by atoms with Crippen LogP contribution in [0.4, 0.5) is 5.69 Å². The Labute approximate surface area is 168 Å². The molecular weight excluding hydrogens is 386 g/mol. The molecule has 0 radical (unpaired) electrons. The highest BCUT2D eigenvalue weighted by Crippen LogP contribution is 2.38. The molecule has 0 spiro atoms. The Hall–Kier alpha value is -3.19. The maximum absolute atomic E-state index is 13.2. The average Bonchev–Trinajstić information content (AvgIpc) is 3.48. The number of nitrogens with one attached hydrogen (secondary N) is 1. The van der Waals surface area contributed by atoms with Gasteiger partial charge in [0.1, 0.15) is 0 Å². The van der Waals surface area contributed by atoms with Gasteiger partial charge < -0.3 is 4.52 Å². The molecule has 0 atom stereocenters. The van der Waals surface area contributed by atoms with Crippen LogP contribution in [0.25, 0.3) is 10.8 Å². The number of nitrogens with zero attached hydrogens (tertiary/aromatic N) is 2. The minimum atomic E-state index is -3.77. The van der Waals surface area contributed by atoms with Crippen LogP contribution in [0.5, 0.6) is 0 Å². The van der Waals surface area contributed by atoms with E-state index in [9.17, 15) is 8.42 Å². The van der Waals surface area contributed by atoms with Gasteiger partial charge in [0.05, 0.1) is 17.0 Å². The van der Waals surface area contributed by atoms with Gasteiger partial charge >= 0.3 is 0 Å². The second kappa shape index (κ2) is 7.00. The van der Waals surface area contributed by atoms with E-state index in [0.29, 0.717) is 29.3 Å². The average molecular weight is 405 g/mol. The van der Waals surface area contributed by atoms with E-state index in [0.717, 1.165) is 29.6 Å². The number of sulfonamides is 1. The predicted octanol–water partition coefficient (Wildman–Crippen LogP) is 4.49. The lowest BCUT2D eigenvalue weighted by Gasteiger charge is -2.13. The van der Waals surface area contributed by atoms with Gasteiger partial charge in [0.25, 0.3) is 10.0 Å². The molecule has 6 nitrogen and oxygen atoms in total. The number of hydrogen-bond donors (Lipinski definition) is 1. The van der Waals surface area contributed by atoms with Crippen LogP contribution in [-0.4, -0.2) is 18.6 Å². The first-order chi connectivity index (χ1) is 14.1. The first-order valence-electron chi connectivity index (χ1n) is 9.51. The van der Waals surface area contributed by atoms with Gasteiger partial charge in [0.15, 0.2) is 5.82 Å². The Morgan fingerprint density at radius 3 is 2.59 bits per heavy atom. The number of para-hydroxylation sites is 1. The van der Waals surface area contributed by atoms with Crippen LogP contribution in [0.1, 0.15) is 36.0 Å². The highest BCUT2D eigenvalue weighted by atomic mass is 32.2. The van der Waals surface area contributed by atoms with Crippen molar-refractivity contribution in [2.45, 2.75) is 30.1 Å². The molecule has 146 valence electrons. The van der Waals surface area contributed by atoms with Crippen molar-refractivity contribution in [1.29, 1.82) is 0 Å². The van der Waals surface area contributed by atoms with Crippen LogP contribution in [0.3, 0.4) is 0 Å².